The van der Waals surface area contributed by atoms with Crippen molar-refractivity contribution in [2.24, 2.45) is 0 Å². The summed E-state index contributed by atoms with van der Waals surface area (Å²) in [7, 11) is 1.52. The predicted octanol–water partition coefficient (Wildman–Crippen LogP) is 3.31. The molecule has 1 aliphatic heterocycles. The zero-order chi connectivity index (χ0) is 16.9. The largest absolute Gasteiger partial charge is 0.496 e. The molecule has 1 heterocycles. The highest BCUT2D eigenvalue weighted by molar-refractivity contribution is 6.03. The van der Waals surface area contributed by atoms with E-state index in [1.165, 1.54) is 7.11 Å². The molecule has 0 fully saturated rings. The summed E-state index contributed by atoms with van der Waals surface area (Å²) in [5.74, 6) is 1.52. The van der Waals surface area contributed by atoms with Gasteiger partial charge < -0.3 is 14.2 Å². The molecule has 0 radical (unpaired) electrons. The Balaban J connectivity index is 1.66. The van der Waals surface area contributed by atoms with E-state index >= 15 is 0 Å². The number of hydrogen-bond donors (Lipinski definition) is 0. The zero-order valence-corrected chi connectivity index (χ0v) is 13.4. The van der Waals surface area contributed by atoms with E-state index in [1.807, 2.05) is 0 Å². The molecule has 0 spiro atoms. The number of ether oxygens (including phenoxy) is 3. The molecule has 1 aliphatic rings. The van der Waals surface area contributed by atoms with Crippen molar-refractivity contribution in [2.45, 2.75) is 12.8 Å². The minimum Gasteiger partial charge on any atom is -0.496 e. The fourth-order valence-corrected chi connectivity index (χ4v) is 2.60. The summed E-state index contributed by atoms with van der Waals surface area (Å²) >= 11 is 0. The molecule has 2 aromatic rings. The van der Waals surface area contributed by atoms with Crippen LogP contribution >= 0.6 is 0 Å². The van der Waals surface area contributed by atoms with Crippen LogP contribution in [-0.2, 0) is 0 Å². The van der Waals surface area contributed by atoms with Crippen molar-refractivity contribution < 1.29 is 23.8 Å². The summed E-state index contributed by atoms with van der Waals surface area (Å²) in [5, 5.41) is 0. The lowest BCUT2D eigenvalue weighted by molar-refractivity contribution is 0.0915. The van der Waals surface area contributed by atoms with Gasteiger partial charge in [0.2, 0.25) is 0 Å². The molecule has 0 atom stereocenters. The second kappa shape index (κ2) is 7.17. The quantitative estimate of drug-likeness (QED) is 0.762. The van der Waals surface area contributed by atoms with Gasteiger partial charge in [0.1, 0.15) is 19.0 Å². The number of carbonyl (C=O) groups is 2. The number of hydrogen-bond acceptors (Lipinski definition) is 5. The monoisotopic (exact) mass is 326 g/mol. The SMILES string of the molecule is COc1ccccc1C(=O)CCC(=O)c1ccc2c(c1)OCCO2. The molecule has 0 N–H and O–H groups in total. The Morgan fingerprint density at radius 2 is 1.67 bits per heavy atom. The number of Topliss-reactive ketones (excluding diaryl/α,β-unsaturated/α-hetero) is 2. The Kier molecular flexibility index (Phi) is 4.79. The van der Waals surface area contributed by atoms with Crippen LogP contribution in [0.5, 0.6) is 17.2 Å². The molecule has 0 aromatic heterocycles. The highest BCUT2D eigenvalue weighted by atomic mass is 16.6. The van der Waals surface area contributed by atoms with Crippen LogP contribution < -0.4 is 14.2 Å². The van der Waals surface area contributed by atoms with Crippen LogP contribution in [0.2, 0.25) is 0 Å². The predicted molar refractivity (Wildman–Crippen MR) is 88.3 cm³/mol. The average Bonchev–Trinajstić information content (AvgIpc) is 2.65. The molecular formula is C19H18O5. The van der Waals surface area contributed by atoms with Crippen molar-refractivity contribution in [1.29, 1.82) is 0 Å². The Labute approximate surface area is 140 Å². The number of para-hydroxylation sites is 1. The van der Waals surface area contributed by atoms with Crippen LogP contribution in [0.3, 0.4) is 0 Å². The van der Waals surface area contributed by atoms with Gasteiger partial charge in [-0.3, -0.25) is 9.59 Å². The maximum absolute atomic E-state index is 12.3. The average molecular weight is 326 g/mol. The molecule has 124 valence electrons. The minimum atomic E-state index is -0.113. The van der Waals surface area contributed by atoms with E-state index in [4.69, 9.17) is 14.2 Å². The standard InChI is InChI=1S/C19H18O5/c1-22-17-5-3-2-4-14(17)16(21)8-7-15(20)13-6-9-18-19(12-13)24-11-10-23-18/h2-6,9,12H,7-8,10-11H2,1H3. The van der Waals surface area contributed by atoms with Crippen LogP contribution in [0, 0.1) is 0 Å². The molecular weight excluding hydrogens is 308 g/mol. The summed E-state index contributed by atoms with van der Waals surface area (Å²) < 4.78 is 16.1. The molecule has 0 amide bonds. The lowest BCUT2D eigenvalue weighted by Gasteiger charge is -2.18. The molecule has 5 nitrogen and oxygen atoms in total. The van der Waals surface area contributed by atoms with Crippen LogP contribution in [0.25, 0.3) is 0 Å². The topological polar surface area (TPSA) is 61.8 Å². The lowest BCUT2D eigenvalue weighted by Crippen LogP contribution is -2.16. The first-order chi connectivity index (χ1) is 11.7. The molecule has 3 rings (SSSR count). The van der Waals surface area contributed by atoms with E-state index in [1.54, 1.807) is 42.5 Å². The van der Waals surface area contributed by atoms with Gasteiger partial charge in [-0.15, -0.1) is 0 Å². The van der Waals surface area contributed by atoms with Crippen LogP contribution in [0.1, 0.15) is 33.6 Å². The molecule has 5 heteroatoms. The van der Waals surface area contributed by atoms with E-state index < -0.39 is 0 Å². The molecule has 0 saturated heterocycles. The Bertz CT molecular complexity index is 766. The summed E-state index contributed by atoms with van der Waals surface area (Å²) in [6.45, 7) is 0.977. The Morgan fingerprint density at radius 1 is 0.958 bits per heavy atom. The number of carbonyl (C=O) groups excluding carboxylic acids is 2. The third-order valence-electron chi connectivity index (χ3n) is 3.85. The number of benzene rings is 2. The van der Waals surface area contributed by atoms with E-state index in [0.29, 0.717) is 41.6 Å². The Morgan fingerprint density at radius 3 is 2.46 bits per heavy atom. The fraction of sp³-hybridized carbons (Fsp3) is 0.263. The van der Waals surface area contributed by atoms with Crippen molar-refractivity contribution in [2.75, 3.05) is 20.3 Å². The highest BCUT2D eigenvalue weighted by Crippen LogP contribution is 2.31. The Hall–Kier alpha value is -2.82. The molecule has 2 aromatic carbocycles. The zero-order valence-electron chi connectivity index (χ0n) is 13.4. The smallest absolute Gasteiger partial charge is 0.167 e. The van der Waals surface area contributed by atoms with E-state index in [0.717, 1.165) is 0 Å². The highest BCUT2D eigenvalue weighted by Gasteiger charge is 2.17. The van der Waals surface area contributed by atoms with E-state index in [2.05, 4.69) is 0 Å². The first kappa shape index (κ1) is 16.1. The first-order valence-electron chi connectivity index (χ1n) is 7.78. The lowest BCUT2D eigenvalue weighted by atomic mass is 10.0. The van der Waals surface area contributed by atoms with Crippen molar-refractivity contribution in [3.63, 3.8) is 0 Å². The van der Waals surface area contributed by atoms with Crippen LogP contribution in [-0.4, -0.2) is 31.9 Å². The fourth-order valence-electron chi connectivity index (χ4n) is 2.60. The third kappa shape index (κ3) is 3.40. The van der Waals surface area contributed by atoms with E-state index in [-0.39, 0.29) is 24.4 Å². The van der Waals surface area contributed by atoms with Gasteiger partial charge in [-0.1, -0.05) is 12.1 Å². The maximum Gasteiger partial charge on any atom is 0.167 e. The van der Waals surface area contributed by atoms with Crippen molar-refractivity contribution in [3.05, 3.63) is 53.6 Å². The summed E-state index contributed by atoms with van der Waals surface area (Å²) in [5.41, 5.74) is 1.02. The van der Waals surface area contributed by atoms with Gasteiger partial charge in [0.05, 0.1) is 12.7 Å². The molecule has 0 aliphatic carbocycles. The number of methoxy groups -OCH3 is 1. The second-order valence-electron chi connectivity index (χ2n) is 5.41. The van der Waals surface area contributed by atoms with Crippen molar-refractivity contribution >= 4 is 11.6 Å². The molecule has 0 bridgehead atoms. The molecule has 24 heavy (non-hydrogen) atoms. The maximum atomic E-state index is 12.3. The third-order valence-corrected chi connectivity index (χ3v) is 3.85. The van der Waals surface area contributed by atoms with E-state index in [9.17, 15) is 9.59 Å². The summed E-state index contributed by atoms with van der Waals surface area (Å²) in [4.78, 5) is 24.7. The minimum absolute atomic E-state index is 0.102. The molecule has 0 saturated carbocycles. The number of ketones is 2. The number of fused-ring (bicyclic) bond motifs is 1. The summed E-state index contributed by atoms with van der Waals surface area (Å²) in [6.07, 6.45) is 0.268. The normalized spacial score (nSPS) is 12.5. The van der Waals surface area contributed by atoms with Crippen LogP contribution in [0.15, 0.2) is 42.5 Å². The van der Waals surface area contributed by atoms with Gasteiger partial charge in [0.15, 0.2) is 23.1 Å². The van der Waals surface area contributed by atoms with Gasteiger partial charge in [-0.2, -0.15) is 0 Å². The van der Waals surface area contributed by atoms with Gasteiger partial charge >= 0.3 is 0 Å². The van der Waals surface area contributed by atoms with Crippen LogP contribution in [0.4, 0.5) is 0 Å². The molecule has 0 unspecified atom stereocenters. The summed E-state index contributed by atoms with van der Waals surface area (Å²) in [6, 6.07) is 12.1. The van der Waals surface area contributed by atoms with Gasteiger partial charge in [-0.05, 0) is 30.3 Å². The number of rotatable bonds is 6. The van der Waals surface area contributed by atoms with Gasteiger partial charge in [0, 0.05) is 18.4 Å². The van der Waals surface area contributed by atoms with Gasteiger partial charge in [0.25, 0.3) is 0 Å². The van der Waals surface area contributed by atoms with Gasteiger partial charge in [-0.25, -0.2) is 0 Å². The van der Waals surface area contributed by atoms with Crippen molar-refractivity contribution in [1.82, 2.24) is 0 Å². The second-order valence-corrected chi connectivity index (χ2v) is 5.41. The van der Waals surface area contributed by atoms with Crippen molar-refractivity contribution in [3.8, 4) is 17.2 Å². The first-order valence-corrected chi connectivity index (χ1v) is 7.78.